The molecule has 230 valence electrons. The normalized spacial score (nSPS) is 18.1. The lowest BCUT2D eigenvalue weighted by atomic mass is 10.0. The van der Waals surface area contributed by atoms with Crippen LogP contribution in [0.4, 0.5) is 5.13 Å². The minimum absolute atomic E-state index is 0.106. The number of nitrogens with zero attached hydrogens (tertiary/aromatic N) is 4. The number of thiazole rings is 1. The summed E-state index contributed by atoms with van der Waals surface area (Å²) < 4.78 is 1.76. The Bertz CT molecular complexity index is 1410. The topological polar surface area (TPSA) is 180 Å². The molecule has 43 heavy (non-hydrogen) atoms. The number of hydrogen-bond donors (Lipinski definition) is 4. The van der Waals surface area contributed by atoms with Crippen LogP contribution >= 0.6 is 23.1 Å². The maximum Gasteiger partial charge on any atom is 0.352 e. The molecule has 1 saturated heterocycles. The maximum atomic E-state index is 13.1. The van der Waals surface area contributed by atoms with Gasteiger partial charge < -0.3 is 26.3 Å². The van der Waals surface area contributed by atoms with Crippen LogP contribution in [-0.4, -0.2) is 75.2 Å². The van der Waals surface area contributed by atoms with Crippen molar-refractivity contribution in [2.24, 2.45) is 5.16 Å². The van der Waals surface area contributed by atoms with Gasteiger partial charge in [-0.05, 0) is 6.42 Å². The molecule has 2 aliphatic heterocycles. The van der Waals surface area contributed by atoms with Crippen LogP contribution < -0.4 is 20.9 Å². The summed E-state index contributed by atoms with van der Waals surface area (Å²) in [5.74, 6) is -2.29. The molecule has 0 saturated carbocycles. The third-order valence-electron chi connectivity index (χ3n) is 7.04. The number of carboxylic acid groups (broad SMARTS) is 1. The van der Waals surface area contributed by atoms with E-state index in [2.05, 4.69) is 27.7 Å². The number of pyridine rings is 1. The fourth-order valence-corrected chi connectivity index (χ4v) is 6.73. The zero-order chi connectivity index (χ0) is 30.9. The Morgan fingerprint density at radius 3 is 2.58 bits per heavy atom. The van der Waals surface area contributed by atoms with E-state index in [1.165, 1.54) is 49.5 Å². The molecule has 4 rings (SSSR count). The van der Waals surface area contributed by atoms with Crippen molar-refractivity contribution in [3.8, 4) is 0 Å². The lowest BCUT2D eigenvalue weighted by molar-refractivity contribution is -0.689. The number of β-lactam (4-membered cyclic amide) rings is 1. The van der Waals surface area contributed by atoms with Crippen LogP contribution in [0.5, 0.6) is 0 Å². The van der Waals surface area contributed by atoms with E-state index in [0.717, 1.165) is 24.2 Å². The van der Waals surface area contributed by atoms with E-state index in [-0.39, 0.29) is 34.7 Å². The first-order valence-electron chi connectivity index (χ1n) is 14.1. The summed E-state index contributed by atoms with van der Waals surface area (Å²) in [6, 6.07) is 2.42. The Labute approximate surface area is 257 Å². The first-order valence-corrected chi connectivity index (χ1v) is 16.0. The number of aromatic nitrogens is 2. The number of carboxylic acids is 1. The molecule has 0 aromatic carbocycles. The minimum atomic E-state index is -1.23. The number of carbonyl (C=O) groups excluding carboxylic acids is 3. The molecule has 0 spiro atoms. The average Bonchev–Trinajstić information content (AvgIpc) is 3.43. The molecule has 2 aliphatic rings. The van der Waals surface area contributed by atoms with Gasteiger partial charge in [-0.1, -0.05) is 44.2 Å². The standard InChI is InChI=1S/C28H35N7O6S2/c1-3-4-5-6-7-8-11-30-23(36)17-9-12-34(13-10-17)14-18-15-42-26-21(25(38)35(26)22(18)27(39)40)32-24(37)20(33-41-2)19-16-43-28(29)31-19/h9-10,12-13,16,21,26H,3-8,11,14-15H2,1-2H3,(H4-,29,30,31,32,36,37,39,40)/p+1/b33-20-/t21-,26-/m1/s1. The van der Waals surface area contributed by atoms with Gasteiger partial charge in [0.2, 0.25) is 0 Å². The molecule has 3 amide bonds. The fraction of sp³-hybridized carbons (Fsp3) is 0.464. The van der Waals surface area contributed by atoms with Crippen molar-refractivity contribution in [3.63, 3.8) is 0 Å². The number of rotatable bonds is 15. The highest BCUT2D eigenvalue weighted by molar-refractivity contribution is 8.00. The Hall–Kier alpha value is -3.98. The molecule has 2 aromatic rings. The quantitative estimate of drug-likeness (QED) is 0.0751. The Morgan fingerprint density at radius 2 is 1.93 bits per heavy atom. The summed E-state index contributed by atoms with van der Waals surface area (Å²) in [5, 5.41) is 20.5. The van der Waals surface area contributed by atoms with E-state index in [9.17, 15) is 24.3 Å². The highest BCUT2D eigenvalue weighted by atomic mass is 32.2. The van der Waals surface area contributed by atoms with E-state index < -0.39 is 29.2 Å². The summed E-state index contributed by atoms with van der Waals surface area (Å²) in [6.45, 7) is 3.02. The predicted octanol–water partition coefficient (Wildman–Crippen LogP) is 1.89. The van der Waals surface area contributed by atoms with Crippen LogP contribution in [0.15, 0.2) is 46.3 Å². The maximum absolute atomic E-state index is 13.1. The average molecular weight is 631 g/mol. The zero-order valence-corrected chi connectivity index (χ0v) is 25.7. The second-order valence-corrected chi connectivity index (χ2v) is 12.1. The number of fused-ring (bicyclic) bond motifs is 1. The highest BCUT2D eigenvalue weighted by Gasteiger charge is 2.54. The van der Waals surface area contributed by atoms with Gasteiger partial charge in [-0.2, -0.15) is 0 Å². The molecule has 2 aromatic heterocycles. The molecule has 4 heterocycles. The Morgan fingerprint density at radius 1 is 1.21 bits per heavy atom. The van der Waals surface area contributed by atoms with E-state index in [1.807, 2.05) is 0 Å². The van der Waals surface area contributed by atoms with Crippen molar-refractivity contribution in [3.05, 3.63) is 52.4 Å². The Kier molecular flexibility index (Phi) is 11.1. The van der Waals surface area contributed by atoms with Gasteiger partial charge in [0.05, 0.1) is 5.56 Å². The molecule has 13 nitrogen and oxygen atoms in total. The molecular formula is C28H36N7O6S2+. The first-order chi connectivity index (χ1) is 20.7. The number of thioether (sulfide) groups is 1. The summed E-state index contributed by atoms with van der Waals surface area (Å²) in [5.41, 5.74) is 6.67. The number of aliphatic carboxylic acids is 1. The van der Waals surface area contributed by atoms with E-state index >= 15 is 0 Å². The zero-order valence-electron chi connectivity index (χ0n) is 24.1. The van der Waals surface area contributed by atoms with Crippen molar-refractivity contribution in [1.82, 2.24) is 20.5 Å². The van der Waals surface area contributed by atoms with Crippen molar-refractivity contribution in [2.75, 3.05) is 25.1 Å². The van der Waals surface area contributed by atoms with Crippen LogP contribution in [0.1, 0.15) is 61.5 Å². The number of unbranched alkanes of at least 4 members (excludes halogenated alkanes) is 5. The van der Waals surface area contributed by atoms with Gasteiger partial charge in [0.15, 0.2) is 29.8 Å². The third-order valence-corrected chi connectivity index (χ3v) is 9.05. The van der Waals surface area contributed by atoms with Gasteiger partial charge in [0.25, 0.3) is 17.7 Å². The third kappa shape index (κ3) is 7.70. The molecule has 1 fully saturated rings. The lowest BCUT2D eigenvalue weighted by Gasteiger charge is -2.49. The largest absolute Gasteiger partial charge is 0.477 e. The number of carbonyl (C=O) groups is 4. The molecular weight excluding hydrogens is 594 g/mol. The highest BCUT2D eigenvalue weighted by Crippen LogP contribution is 2.40. The summed E-state index contributed by atoms with van der Waals surface area (Å²) in [7, 11) is 1.28. The fourth-order valence-electron chi connectivity index (χ4n) is 4.85. The lowest BCUT2D eigenvalue weighted by Crippen LogP contribution is -2.71. The molecule has 2 atom stereocenters. The van der Waals surface area contributed by atoms with Crippen LogP contribution in [0.25, 0.3) is 0 Å². The van der Waals surface area contributed by atoms with Crippen molar-refractivity contribution < 1.29 is 33.7 Å². The number of nitrogen functional groups attached to an aromatic ring is 1. The molecule has 0 unspecified atom stereocenters. The number of hydrogen-bond acceptors (Lipinski definition) is 10. The van der Waals surface area contributed by atoms with Crippen molar-refractivity contribution in [1.29, 1.82) is 0 Å². The number of anilines is 1. The smallest absolute Gasteiger partial charge is 0.352 e. The molecule has 0 bridgehead atoms. The summed E-state index contributed by atoms with van der Waals surface area (Å²) in [6.07, 6.45) is 10.3. The first kappa shape index (κ1) is 31.9. The number of nitrogens with two attached hydrogens (primary N) is 1. The van der Waals surface area contributed by atoms with Gasteiger partial charge in [-0.15, -0.1) is 23.1 Å². The monoisotopic (exact) mass is 630 g/mol. The molecule has 0 radical (unpaired) electrons. The van der Waals surface area contributed by atoms with Crippen LogP contribution in [0.2, 0.25) is 0 Å². The Balaban J connectivity index is 1.36. The minimum Gasteiger partial charge on any atom is -0.477 e. The van der Waals surface area contributed by atoms with Crippen molar-refractivity contribution in [2.45, 2.75) is 63.4 Å². The van der Waals surface area contributed by atoms with Gasteiger partial charge in [0, 0.05) is 35.4 Å². The number of oxime groups is 1. The summed E-state index contributed by atoms with van der Waals surface area (Å²) >= 11 is 2.48. The van der Waals surface area contributed by atoms with Crippen LogP contribution in [0, 0.1) is 0 Å². The van der Waals surface area contributed by atoms with Gasteiger partial charge in [-0.25, -0.2) is 14.3 Å². The number of amides is 3. The van der Waals surface area contributed by atoms with Crippen LogP contribution in [-0.2, 0) is 25.8 Å². The summed E-state index contributed by atoms with van der Waals surface area (Å²) in [4.78, 5) is 60.9. The van der Waals surface area contributed by atoms with E-state index in [1.54, 1.807) is 34.5 Å². The van der Waals surface area contributed by atoms with E-state index in [0.29, 0.717) is 23.4 Å². The SMILES string of the molecule is CCCCCCCCNC(=O)c1cc[n+](CC2=C(C(=O)O)N3C(=O)[C@@H](NC(=O)/C(=N\OC)c4csc(N)n4)[C@H]3SC2)cc1. The molecule has 15 heteroatoms. The van der Waals surface area contributed by atoms with Crippen LogP contribution in [0.3, 0.4) is 0 Å². The van der Waals surface area contributed by atoms with Crippen molar-refractivity contribution >= 4 is 57.6 Å². The molecule has 5 N–H and O–H groups in total. The predicted molar refractivity (Wildman–Crippen MR) is 162 cm³/mol. The van der Waals surface area contributed by atoms with E-state index in [4.69, 9.17) is 10.6 Å². The second kappa shape index (κ2) is 15.0. The molecule has 0 aliphatic carbocycles. The number of nitrogens with one attached hydrogen (secondary N) is 2. The second-order valence-electron chi connectivity index (χ2n) is 10.1. The van der Waals surface area contributed by atoms with Gasteiger partial charge >= 0.3 is 5.97 Å². The van der Waals surface area contributed by atoms with Gasteiger partial charge in [-0.3, -0.25) is 19.3 Å². The van der Waals surface area contributed by atoms with Gasteiger partial charge in [0.1, 0.15) is 29.9 Å².